The highest BCUT2D eigenvalue weighted by Crippen LogP contribution is 2.33. The third kappa shape index (κ3) is 10.6. The Bertz CT molecular complexity index is 968. The zero-order valence-corrected chi connectivity index (χ0v) is 24.7. The molecule has 1 N–H and O–H groups in total. The maximum absolute atomic E-state index is 13.2. The maximum atomic E-state index is 13.2. The zero-order chi connectivity index (χ0) is 29.6. The van der Waals surface area contributed by atoms with Crippen molar-refractivity contribution in [1.82, 2.24) is 0 Å². The lowest BCUT2D eigenvalue weighted by atomic mass is 9.99. The van der Waals surface area contributed by atoms with Gasteiger partial charge in [-0.15, -0.1) is 0 Å². The minimum atomic E-state index is -0.806. The Kier molecular flexibility index (Phi) is 13.6. The van der Waals surface area contributed by atoms with Crippen LogP contribution in [0.3, 0.4) is 0 Å². The number of hydrogen-bond acceptors (Lipinski definition) is 9. The van der Waals surface area contributed by atoms with E-state index in [-0.39, 0.29) is 50.3 Å². The second kappa shape index (κ2) is 17.6. The third-order valence-electron chi connectivity index (χ3n) is 7.81. The van der Waals surface area contributed by atoms with Gasteiger partial charge in [-0.25, -0.2) is 0 Å². The topological polar surface area (TPSA) is 119 Å². The number of ketones is 1. The molecule has 0 aromatic heterocycles. The molecule has 4 rings (SSSR count). The number of rotatable bonds is 17. The van der Waals surface area contributed by atoms with Crippen molar-refractivity contribution < 1.29 is 47.9 Å². The molecule has 6 unspecified atom stereocenters. The summed E-state index contributed by atoms with van der Waals surface area (Å²) >= 11 is 0. The van der Waals surface area contributed by atoms with E-state index in [9.17, 15) is 9.59 Å². The monoisotopic (exact) mass is 590 g/mol. The summed E-state index contributed by atoms with van der Waals surface area (Å²) in [6.45, 7) is 1.77. The molecule has 0 spiro atoms. The quantitative estimate of drug-likeness (QED) is 0.194. The Morgan fingerprint density at radius 2 is 1.71 bits per heavy atom. The second-order valence-electron chi connectivity index (χ2n) is 11.1. The number of hydrogen-bond donors (Lipinski definition) is 1. The van der Waals surface area contributed by atoms with Crippen molar-refractivity contribution in [3.8, 4) is 11.5 Å². The molecule has 6 atom stereocenters. The second-order valence-corrected chi connectivity index (χ2v) is 11.1. The Balaban J connectivity index is 1.40. The van der Waals surface area contributed by atoms with Crippen molar-refractivity contribution >= 4 is 11.8 Å². The first-order chi connectivity index (χ1) is 20.5. The van der Waals surface area contributed by atoms with Crippen molar-refractivity contribution in [2.45, 2.75) is 102 Å². The lowest BCUT2D eigenvalue weighted by Gasteiger charge is -2.32. The lowest BCUT2D eigenvalue weighted by Crippen LogP contribution is -2.40. The van der Waals surface area contributed by atoms with Gasteiger partial charge in [-0.05, 0) is 82.1 Å². The van der Waals surface area contributed by atoms with Crippen molar-refractivity contribution in [2.24, 2.45) is 5.92 Å². The minimum absolute atomic E-state index is 0.0959. The number of carboxylic acids is 1. The van der Waals surface area contributed by atoms with Gasteiger partial charge < -0.3 is 38.3 Å². The standard InChI is InChI=1S/C32H46O10/c1-36-23-14-16-24(17-15-23)39-21-25(41-30-12-6-8-18-37-30)22-40-32-26(10-4-2-3-5-11-29(34)35)27(33)20-28(32)42-31-13-7-9-19-38-31/h2,4,14-17,25-26,28,30-32H,3,5-13,18-22H2,1H3,(H,34,35)/b4-2+. The van der Waals surface area contributed by atoms with Gasteiger partial charge in [0.2, 0.25) is 0 Å². The summed E-state index contributed by atoms with van der Waals surface area (Å²) in [6, 6.07) is 7.36. The number of methoxy groups -OCH3 is 1. The van der Waals surface area contributed by atoms with E-state index in [1.54, 1.807) is 7.11 Å². The van der Waals surface area contributed by atoms with Crippen LogP contribution in [0, 0.1) is 5.92 Å². The molecule has 1 aromatic carbocycles. The molecule has 10 heteroatoms. The van der Waals surface area contributed by atoms with Crippen LogP contribution in [0.5, 0.6) is 11.5 Å². The van der Waals surface area contributed by atoms with Gasteiger partial charge in [0, 0.05) is 26.1 Å². The van der Waals surface area contributed by atoms with Crippen LogP contribution in [0.2, 0.25) is 0 Å². The number of carbonyl (C=O) groups is 2. The molecule has 1 aromatic rings. The molecule has 2 saturated heterocycles. The zero-order valence-electron chi connectivity index (χ0n) is 24.7. The van der Waals surface area contributed by atoms with Crippen molar-refractivity contribution in [3.63, 3.8) is 0 Å². The van der Waals surface area contributed by atoms with E-state index < -0.39 is 24.3 Å². The molecular weight excluding hydrogens is 544 g/mol. The first-order valence-corrected chi connectivity index (χ1v) is 15.3. The predicted octanol–water partition coefficient (Wildman–Crippen LogP) is 5.07. The first kappa shape index (κ1) is 32.4. The minimum Gasteiger partial charge on any atom is -0.497 e. The molecule has 2 heterocycles. The molecule has 2 aliphatic heterocycles. The summed E-state index contributed by atoms with van der Waals surface area (Å²) in [5.74, 6) is 0.350. The highest BCUT2D eigenvalue weighted by atomic mass is 16.7. The van der Waals surface area contributed by atoms with E-state index in [0.717, 1.165) is 44.3 Å². The molecule has 1 saturated carbocycles. The number of carbonyl (C=O) groups excluding carboxylic acids is 1. The first-order valence-electron chi connectivity index (χ1n) is 15.3. The van der Waals surface area contributed by atoms with Gasteiger partial charge in [0.05, 0.1) is 31.8 Å². The van der Waals surface area contributed by atoms with Crippen LogP contribution in [0.25, 0.3) is 0 Å². The van der Waals surface area contributed by atoms with E-state index in [2.05, 4.69) is 0 Å². The predicted molar refractivity (Wildman–Crippen MR) is 154 cm³/mol. The molecular formula is C32H46O10. The average Bonchev–Trinajstić information content (AvgIpc) is 3.30. The summed E-state index contributed by atoms with van der Waals surface area (Å²) < 4.78 is 42.0. The Morgan fingerprint density at radius 3 is 2.38 bits per heavy atom. The van der Waals surface area contributed by atoms with Crippen LogP contribution < -0.4 is 9.47 Å². The van der Waals surface area contributed by atoms with E-state index >= 15 is 0 Å². The molecule has 3 fully saturated rings. The van der Waals surface area contributed by atoms with E-state index in [1.165, 1.54) is 0 Å². The fraction of sp³-hybridized carbons (Fsp3) is 0.688. The number of carboxylic acid groups (broad SMARTS) is 1. The van der Waals surface area contributed by atoms with Crippen LogP contribution >= 0.6 is 0 Å². The number of Topliss-reactive ketones (excluding diaryl/α,β-unsaturated/α-hetero) is 1. The smallest absolute Gasteiger partial charge is 0.303 e. The fourth-order valence-electron chi connectivity index (χ4n) is 5.51. The van der Waals surface area contributed by atoms with Crippen molar-refractivity contribution in [1.29, 1.82) is 0 Å². The number of ether oxygens (including phenoxy) is 7. The van der Waals surface area contributed by atoms with Crippen LogP contribution in [0.15, 0.2) is 36.4 Å². The fourth-order valence-corrected chi connectivity index (χ4v) is 5.51. The largest absolute Gasteiger partial charge is 0.497 e. The van der Waals surface area contributed by atoms with Crippen LogP contribution in [-0.4, -0.2) is 81.3 Å². The van der Waals surface area contributed by atoms with Gasteiger partial charge in [-0.1, -0.05) is 12.2 Å². The SMILES string of the molecule is COc1ccc(OCC(COC2C(OC3CCCCO3)CC(=O)C2C/C=C/CCCC(=O)O)OC2CCCCO2)cc1. The molecule has 234 valence electrons. The Morgan fingerprint density at radius 1 is 1.00 bits per heavy atom. The van der Waals surface area contributed by atoms with E-state index in [1.807, 2.05) is 36.4 Å². The van der Waals surface area contributed by atoms with Gasteiger partial charge >= 0.3 is 5.97 Å². The summed E-state index contributed by atoms with van der Waals surface area (Å²) in [7, 11) is 1.62. The number of benzene rings is 1. The maximum Gasteiger partial charge on any atom is 0.303 e. The van der Waals surface area contributed by atoms with E-state index in [4.69, 9.17) is 38.3 Å². The van der Waals surface area contributed by atoms with E-state index in [0.29, 0.717) is 38.2 Å². The average molecular weight is 591 g/mol. The molecule has 42 heavy (non-hydrogen) atoms. The molecule has 0 bridgehead atoms. The third-order valence-corrected chi connectivity index (χ3v) is 7.81. The van der Waals surface area contributed by atoms with Gasteiger partial charge in [0.1, 0.15) is 30.0 Å². The van der Waals surface area contributed by atoms with Gasteiger partial charge in [-0.2, -0.15) is 0 Å². The van der Waals surface area contributed by atoms with Gasteiger partial charge in [-0.3, -0.25) is 9.59 Å². The molecule has 3 aliphatic rings. The number of allylic oxidation sites excluding steroid dienone is 2. The molecule has 0 amide bonds. The Labute approximate surface area is 248 Å². The molecule has 1 aliphatic carbocycles. The van der Waals surface area contributed by atoms with Crippen LogP contribution in [0.4, 0.5) is 0 Å². The molecule has 10 nitrogen and oxygen atoms in total. The Hall–Kier alpha value is -2.50. The lowest BCUT2D eigenvalue weighted by molar-refractivity contribution is -0.226. The van der Waals surface area contributed by atoms with Crippen LogP contribution in [-0.2, 0) is 33.3 Å². The van der Waals surface area contributed by atoms with Crippen molar-refractivity contribution in [2.75, 3.05) is 33.5 Å². The van der Waals surface area contributed by atoms with Gasteiger partial charge in [0.15, 0.2) is 12.6 Å². The normalized spacial score (nSPS) is 27.3. The highest BCUT2D eigenvalue weighted by Gasteiger charge is 2.45. The summed E-state index contributed by atoms with van der Waals surface area (Å²) in [5, 5.41) is 8.87. The number of aliphatic carboxylic acids is 1. The highest BCUT2D eigenvalue weighted by molar-refractivity contribution is 5.85. The van der Waals surface area contributed by atoms with Crippen molar-refractivity contribution in [3.05, 3.63) is 36.4 Å². The molecule has 0 radical (unpaired) electrons. The van der Waals surface area contributed by atoms with Gasteiger partial charge in [0.25, 0.3) is 0 Å². The van der Waals surface area contributed by atoms with Crippen LogP contribution in [0.1, 0.15) is 70.6 Å². The summed E-state index contributed by atoms with van der Waals surface area (Å²) in [5.41, 5.74) is 0. The number of unbranched alkanes of at least 4 members (excludes halogenated alkanes) is 1. The summed E-state index contributed by atoms with van der Waals surface area (Å²) in [4.78, 5) is 24.0. The summed E-state index contributed by atoms with van der Waals surface area (Å²) in [6.07, 6.45) is 9.71.